The molecular formula is C10H19NO3. The molecule has 14 heavy (non-hydrogen) atoms. The molecule has 0 saturated heterocycles. The maximum atomic E-state index is 11.8. The van der Waals surface area contributed by atoms with Crippen LogP contribution in [-0.4, -0.2) is 11.8 Å². The van der Waals surface area contributed by atoms with Crippen LogP contribution in [0, 0.1) is 11.3 Å². The summed E-state index contributed by atoms with van der Waals surface area (Å²) in [6, 6.07) is 0. The zero-order valence-electron chi connectivity index (χ0n) is 9.29. The normalized spacial score (nSPS) is 13.5. The molecule has 0 heterocycles. The molecule has 0 fully saturated rings. The Morgan fingerprint density at radius 1 is 1.43 bits per heavy atom. The fraction of sp³-hybridized carbons (Fsp3) is 0.800. The quantitative estimate of drug-likeness (QED) is 0.539. The van der Waals surface area contributed by atoms with Gasteiger partial charge in [-0.15, -0.1) is 0 Å². The Morgan fingerprint density at radius 2 is 1.93 bits per heavy atom. The fourth-order valence-corrected chi connectivity index (χ4v) is 1.43. The molecule has 0 aromatic heterocycles. The first-order chi connectivity index (χ1) is 6.37. The third kappa shape index (κ3) is 2.80. The van der Waals surface area contributed by atoms with Gasteiger partial charge in [-0.1, -0.05) is 20.3 Å². The van der Waals surface area contributed by atoms with Gasteiger partial charge in [0.05, 0.1) is 0 Å². The molecule has 0 saturated carbocycles. The predicted molar refractivity (Wildman–Crippen MR) is 53.1 cm³/mol. The molecule has 0 radical (unpaired) electrons. The molecule has 0 rings (SSSR count). The van der Waals surface area contributed by atoms with Crippen molar-refractivity contribution >= 4 is 11.8 Å². The third-order valence-corrected chi connectivity index (χ3v) is 2.40. The van der Waals surface area contributed by atoms with Gasteiger partial charge in [-0.05, 0) is 20.3 Å². The van der Waals surface area contributed by atoms with Crippen LogP contribution >= 0.6 is 0 Å². The van der Waals surface area contributed by atoms with E-state index in [1.165, 1.54) is 13.8 Å². The second kappa shape index (κ2) is 5.10. The van der Waals surface area contributed by atoms with Gasteiger partial charge in [0.1, 0.15) is 5.41 Å². The van der Waals surface area contributed by atoms with Crippen LogP contribution in [-0.2, 0) is 14.4 Å². The van der Waals surface area contributed by atoms with Crippen molar-refractivity contribution in [3.8, 4) is 0 Å². The Morgan fingerprint density at radius 3 is 2.29 bits per heavy atom. The highest BCUT2D eigenvalue weighted by molar-refractivity contribution is 6.03. The molecule has 4 nitrogen and oxygen atoms in total. The molecule has 0 spiro atoms. The number of ketones is 1. The number of Topliss-reactive ketones (excluding diaryl/α,β-unsaturated/α-hetero) is 1. The molecule has 4 heteroatoms. The van der Waals surface area contributed by atoms with Crippen LogP contribution in [0.15, 0.2) is 0 Å². The molecule has 82 valence electrons. The van der Waals surface area contributed by atoms with Crippen molar-refractivity contribution < 1.29 is 14.4 Å². The van der Waals surface area contributed by atoms with Crippen molar-refractivity contribution in [3.05, 3.63) is 0 Å². The average molecular weight is 201 g/mol. The SMILES string of the molecule is CCCC(C)C(=O)C(C)(C)C(=O)ON. The molecule has 0 aliphatic rings. The number of carbonyl (C=O) groups excluding carboxylic acids is 2. The Labute approximate surface area is 84.8 Å². The molecule has 0 bridgehead atoms. The number of rotatable bonds is 5. The van der Waals surface area contributed by atoms with E-state index in [0.717, 1.165) is 12.8 Å². The van der Waals surface area contributed by atoms with Gasteiger partial charge in [0.15, 0.2) is 5.78 Å². The highest BCUT2D eigenvalue weighted by atomic mass is 16.7. The van der Waals surface area contributed by atoms with Gasteiger partial charge in [-0.2, -0.15) is 5.90 Å². The molecule has 1 atom stereocenters. The lowest BCUT2D eigenvalue weighted by molar-refractivity contribution is -0.160. The van der Waals surface area contributed by atoms with Crippen LogP contribution < -0.4 is 5.90 Å². The van der Waals surface area contributed by atoms with E-state index in [1.807, 2.05) is 13.8 Å². The molecule has 0 amide bonds. The minimum atomic E-state index is -1.14. The smallest absolute Gasteiger partial charge is 0.337 e. The zero-order chi connectivity index (χ0) is 11.4. The maximum absolute atomic E-state index is 11.8. The first-order valence-corrected chi connectivity index (χ1v) is 4.83. The summed E-state index contributed by atoms with van der Waals surface area (Å²) in [6.07, 6.45) is 1.70. The van der Waals surface area contributed by atoms with E-state index >= 15 is 0 Å². The lowest BCUT2D eigenvalue weighted by Crippen LogP contribution is -2.39. The van der Waals surface area contributed by atoms with E-state index in [9.17, 15) is 9.59 Å². The average Bonchev–Trinajstić information content (AvgIpc) is 2.15. The lowest BCUT2D eigenvalue weighted by Gasteiger charge is -2.22. The highest BCUT2D eigenvalue weighted by Crippen LogP contribution is 2.24. The topological polar surface area (TPSA) is 69.4 Å². The van der Waals surface area contributed by atoms with Crippen LogP contribution in [0.1, 0.15) is 40.5 Å². The monoisotopic (exact) mass is 201 g/mol. The van der Waals surface area contributed by atoms with E-state index < -0.39 is 11.4 Å². The fourth-order valence-electron chi connectivity index (χ4n) is 1.43. The molecule has 0 aliphatic carbocycles. The molecular weight excluding hydrogens is 182 g/mol. The number of hydrogen-bond acceptors (Lipinski definition) is 4. The summed E-state index contributed by atoms with van der Waals surface area (Å²) < 4.78 is 0. The van der Waals surface area contributed by atoms with Crippen LogP contribution in [0.25, 0.3) is 0 Å². The van der Waals surface area contributed by atoms with Crippen molar-refractivity contribution in [1.29, 1.82) is 0 Å². The second-order valence-corrected chi connectivity index (χ2v) is 4.08. The van der Waals surface area contributed by atoms with Crippen molar-refractivity contribution in [2.45, 2.75) is 40.5 Å². The predicted octanol–water partition coefficient (Wildman–Crippen LogP) is 1.43. The highest BCUT2D eigenvalue weighted by Gasteiger charge is 2.39. The van der Waals surface area contributed by atoms with Gasteiger partial charge in [0, 0.05) is 5.92 Å². The van der Waals surface area contributed by atoms with E-state index in [2.05, 4.69) is 4.84 Å². The summed E-state index contributed by atoms with van der Waals surface area (Å²) in [5.41, 5.74) is -1.14. The largest absolute Gasteiger partial charge is 0.373 e. The van der Waals surface area contributed by atoms with E-state index in [1.54, 1.807) is 0 Å². The van der Waals surface area contributed by atoms with Gasteiger partial charge in [-0.25, -0.2) is 4.79 Å². The van der Waals surface area contributed by atoms with Gasteiger partial charge in [0.2, 0.25) is 0 Å². The van der Waals surface area contributed by atoms with E-state index in [0.29, 0.717) is 0 Å². The van der Waals surface area contributed by atoms with Crippen molar-refractivity contribution in [2.24, 2.45) is 17.2 Å². The van der Waals surface area contributed by atoms with Gasteiger partial charge < -0.3 is 4.84 Å². The lowest BCUT2D eigenvalue weighted by atomic mass is 9.80. The minimum absolute atomic E-state index is 0.116. The third-order valence-electron chi connectivity index (χ3n) is 2.40. The number of hydrogen-bond donors (Lipinski definition) is 1. The van der Waals surface area contributed by atoms with Gasteiger partial charge in [0.25, 0.3) is 0 Å². The summed E-state index contributed by atoms with van der Waals surface area (Å²) in [4.78, 5) is 27.1. The molecule has 1 unspecified atom stereocenters. The summed E-state index contributed by atoms with van der Waals surface area (Å²) in [6.45, 7) is 6.89. The Bertz CT molecular complexity index is 223. The van der Waals surface area contributed by atoms with Crippen LogP contribution in [0.4, 0.5) is 0 Å². The first-order valence-electron chi connectivity index (χ1n) is 4.83. The summed E-state index contributed by atoms with van der Waals surface area (Å²) in [7, 11) is 0. The first kappa shape index (κ1) is 13.1. The zero-order valence-corrected chi connectivity index (χ0v) is 9.29. The van der Waals surface area contributed by atoms with Crippen LogP contribution in [0.5, 0.6) is 0 Å². The molecule has 0 aliphatic heterocycles. The summed E-state index contributed by atoms with van der Waals surface area (Å²) in [5.74, 6) is 3.85. The van der Waals surface area contributed by atoms with Crippen molar-refractivity contribution in [2.75, 3.05) is 0 Å². The summed E-state index contributed by atoms with van der Waals surface area (Å²) >= 11 is 0. The molecule has 0 aromatic rings. The Kier molecular flexibility index (Phi) is 4.77. The standard InChI is InChI=1S/C10H19NO3/c1-5-6-7(2)8(12)10(3,4)9(13)14-11/h7H,5-6,11H2,1-4H3. The molecule has 2 N–H and O–H groups in total. The summed E-state index contributed by atoms with van der Waals surface area (Å²) in [5, 5.41) is 0. The van der Waals surface area contributed by atoms with E-state index in [4.69, 9.17) is 5.90 Å². The van der Waals surface area contributed by atoms with E-state index in [-0.39, 0.29) is 11.7 Å². The van der Waals surface area contributed by atoms with Crippen molar-refractivity contribution in [3.63, 3.8) is 0 Å². The Balaban J connectivity index is 4.57. The van der Waals surface area contributed by atoms with Gasteiger partial charge >= 0.3 is 5.97 Å². The Hall–Kier alpha value is -0.900. The second-order valence-electron chi connectivity index (χ2n) is 4.08. The van der Waals surface area contributed by atoms with Crippen molar-refractivity contribution in [1.82, 2.24) is 0 Å². The van der Waals surface area contributed by atoms with Crippen LogP contribution in [0.3, 0.4) is 0 Å². The minimum Gasteiger partial charge on any atom is -0.373 e. The molecule has 0 aromatic carbocycles. The van der Waals surface area contributed by atoms with Gasteiger partial charge in [-0.3, -0.25) is 4.79 Å². The van der Waals surface area contributed by atoms with Crippen LogP contribution in [0.2, 0.25) is 0 Å². The number of carbonyl (C=O) groups is 2. The maximum Gasteiger partial charge on any atom is 0.337 e. The number of nitrogens with two attached hydrogens (primary N) is 1.